The summed E-state index contributed by atoms with van der Waals surface area (Å²) in [5, 5.41) is 0. The number of halogens is 19. The summed E-state index contributed by atoms with van der Waals surface area (Å²) in [7, 11) is -4.49. The van der Waals surface area contributed by atoms with Gasteiger partial charge in [0.05, 0.1) is 0 Å². The Labute approximate surface area is 190 Å². The third-order valence-corrected chi connectivity index (χ3v) is 9.40. The van der Waals surface area contributed by atoms with Gasteiger partial charge in [0.15, 0.2) is 8.32 Å². The van der Waals surface area contributed by atoms with Gasteiger partial charge in [0, 0.05) is 26.4 Å². The highest BCUT2D eigenvalue weighted by Gasteiger charge is 2.90. The van der Waals surface area contributed by atoms with Gasteiger partial charge in [-0.3, -0.25) is 0 Å². The van der Waals surface area contributed by atoms with Crippen LogP contribution in [0.2, 0.25) is 18.1 Å². The molecule has 0 amide bonds. The van der Waals surface area contributed by atoms with Crippen LogP contribution in [0.4, 0.5) is 83.4 Å². The minimum absolute atomic E-state index is 0.377. The highest BCUT2D eigenvalue weighted by Crippen LogP contribution is 2.61. The van der Waals surface area contributed by atoms with Crippen molar-refractivity contribution < 1.29 is 87.8 Å². The second-order valence-electron chi connectivity index (χ2n) is 7.62. The van der Waals surface area contributed by atoms with Gasteiger partial charge in [0.1, 0.15) is 0 Å². The second-order valence-corrected chi connectivity index (χ2v) is 11.9. The molecule has 0 N–H and O–H groups in total. The fourth-order valence-corrected chi connectivity index (χ4v) is 6.37. The summed E-state index contributed by atoms with van der Waals surface area (Å²) < 4.78 is 250. The molecule has 0 aliphatic carbocycles. The Morgan fingerprint density at radius 2 is 0.750 bits per heavy atom. The lowest BCUT2D eigenvalue weighted by Gasteiger charge is -2.40. The van der Waals surface area contributed by atoms with Crippen molar-refractivity contribution in [1.29, 1.82) is 0 Å². The molecule has 0 unspecified atom stereocenters. The van der Waals surface area contributed by atoms with Crippen LogP contribution in [-0.2, 0) is 4.43 Å². The molecule has 218 valence electrons. The van der Waals surface area contributed by atoms with Crippen molar-refractivity contribution in [3.05, 3.63) is 0 Å². The first-order valence-corrected chi connectivity index (χ1v) is 11.6. The van der Waals surface area contributed by atoms with Crippen molar-refractivity contribution in [3.8, 4) is 0 Å². The van der Waals surface area contributed by atoms with Crippen LogP contribution in [0.15, 0.2) is 0 Å². The van der Waals surface area contributed by atoms with Crippen LogP contribution in [0, 0.1) is 0 Å². The van der Waals surface area contributed by atoms with Crippen LogP contribution in [0.3, 0.4) is 0 Å². The number of hydrogen-bond donors (Lipinski definition) is 0. The summed E-state index contributed by atoms with van der Waals surface area (Å²) >= 11 is 0. The van der Waals surface area contributed by atoms with Gasteiger partial charge in [0.25, 0.3) is 0 Å². The maximum Gasteiger partial charge on any atom is 0.460 e. The van der Waals surface area contributed by atoms with E-state index in [1.807, 2.05) is 0 Å². The molecule has 0 heterocycles. The van der Waals surface area contributed by atoms with Crippen LogP contribution in [-0.4, -0.2) is 63.6 Å². The maximum atomic E-state index is 14.0. The van der Waals surface area contributed by atoms with Crippen LogP contribution >= 0.6 is 0 Å². The third kappa shape index (κ3) is 7.24. The molecule has 0 aliphatic heterocycles. The highest BCUT2D eigenvalue weighted by molar-refractivity contribution is 6.73. The lowest BCUT2D eigenvalue weighted by molar-refractivity contribution is -0.439. The molecule has 0 aromatic heterocycles. The average Bonchev–Trinajstić information content (AvgIpc) is 2.65. The smallest absolute Gasteiger partial charge is 0.420 e. The lowest BCUT2D eigenvalue weighted by Crippen LogP contribution is -2.70. The van der Waals surface area contributed by atoms with E-state index >= 15 is 0 Å². The molecule has 21 heteroatoms. The largest absolute Gasteiger partial charge is 0.460 e. The van der Waals surface area contributed by atoms with Crippen LogP contribution in [0.1, 0.15) is 19.3 Å². The molecule has 0 spiro atoms. The summed E-state index contributed by atoms with van der Waals surface area (Å²) in [6.07, 6.45) is -24.9. The highest BCUT2D eigenvalue weighted by atomic mass is 28.4. The predicted molar refractivity (Wildman–Crippen MR) is 83.9 cm³/mol. The Bertz CT molecular complexity index is 702. The molecule has 36 heavy (non-hydrogen) atoms. The summed E-state index contributed by atoms with van der Waals surface area (Å²) in [5.74, 6) is -38.6. The topological polar surface area (TPSA) is 9.23 Å². The van der Waals surface area contributed by atoms with Crippen molar-refractivity contribution in [3.63, 3.8) is 0 Å². The molecule has 0 rings (SSSR count). The molecular formula is C15H15F19OSi. The van der Waals surface area contributed by atoms with Crippen molar-refractivity contribution in [2.75, 3.05) is 7.11 Å². The number of hydrogen-bond acceptors (Lipinski definition) is 1. The molecule has 0 fully saturated rings. The molecule has 0 bridgehead atoms. The first-order valence-electron chi connectivity index (χ1n) is 9.07. The van der Waals surface area contributed by atoms with E-state index in [9.17, 15) is 83.4 Å². The lowest BCUT2D eigenvalue weighted by atomic mass is 9.93. The van der Waals surface area contributed by atoms with E-state index in [1.165, 1.54) is 0 Å². The first kappa shape index (κ1) is 34.8. The van der Waals surface area contributed by atoms with Crippen LogP contribution in [0.5, 0.6) is 0 Å². The molecule has 0 atom stereocenters. The molecule has 0 aromatic carbocycles. The minimum Gasteiger partial charge on any atom is -0.420 e. The number of alkyl halides is 19. The van der Waals surface area contributed by atoms with Crippen molar-refractivity contribution >= 4 is 8.32 Å². The average molecular weight is 600 g/mol. The number of rotatable bonds is 12. The Hall–Kier alpha value is -1.15. The van der Waals surface area contributed by atoms with E-state index in [1.54, 1.807) is 0 Å². The minimum atomic E-state index is -8.17. The van der Waals surface area contributed by atoms with Crippen LogP contribution in [0.25, 0.3) is 0 Å². The van der Waals surface area contributed by atoms with Gasteiger partial charge in [-0.05, 0) is 18.1 Å². The van der Waals surface area contributed by atoms with Gasteiger partial charge in [-0.15, -0.1) is 0 Å². The van der Waals surface area contributed by atoms with Gasteiger partial charge in [0.2, 0.25) is 0 Å². The van der Waals surface area contributed by atoms with Crippen molar-refractivity contribution in [2.45, 2.75) is 85.5 Å². The summed E-state index contributed by atoms with van der Waals surface area (Å²) in [4.78, 5) is 0. The van der Waals surface area contributed by atoms with E-state index < -0.39 is 93.9 Å². The maximum absolute atomic E-state index is 14.0. The monoisotopic (exact) mass is 600 g/mol. The zero-order valence-electron chi connectivity index (χ0n) is 17.3. The Morgan fingerprint density at radius 3 is 1.03 bits per heavy atom. The van der Waals surface area contributed by atoms with E-state index in [0.29, 0.717) is 7.11 Å². The molecule has 0 aliphatic rings. The molecule has 1 nitrogen and oxygen atoms in total. The zero-order chi connectivity index (χ0) is 29.4. The molecular weight excluding hydrogens is 585 g/mol. The second kappa shape index (κ2) is 10.2. The Kier molecular flexibility index (Phi) is 9.87. The molecule has 0 aromatic rings. The summed E-state index contributed by atoms with van der Waals surface area (Å²) in [6.45, 7) is 0. The van der Waals surface area contributed by atoms with E-state index in [-0.39, 0.29) is 0 Å². The third-order valence-electron chi connectivity index (χ3n) is 5.05. The molecule has 0 saturated heterocycles. The van der Waals surface area contributed by atoms with Gasteiger partial charge in [-0.2, -0.15) is 83.4 Å². The van der Waals surface area contributed by atoms with E-state index in [2.05, 4.69) is 4.43 Å². The quantitative estimate of drug-likeness (QED) is 0.161. The molecule has 0 saturated carbocycles. The van der Waals surface area contributed by atoms with Gasteiger partial charge in [-0.25, -0.2) is 0 Å². The van der Waals surface area contributed by atoms with Gasteiger partial charge >= 0.3 is 48.1 Å². The summed E-state index contributed by atoms with van der Waals surface area (Å²) in [5.41, 5.74) is 0. The van der Waals surface area contributed by atoms with E-state index in [0.717, 1.165) is 0 Å². The first-order chi connectivity index (χ1) is 15.4. The van der Waals surface area contributed by atoms with Crippen LogP contribution < -0.4 is 0 Å². The van der Waals surface area contributed by atoms with Crippen molar-refractivity contribution in [2.24, 2.45) is 0 Å². The zero-order valence-corrected chi connectivity index (χ0v) is 18.3. The van der Waals surface area contributed by atoms with Gasteiger partial charge < -0.3 is 4.43 Å². The fourth-order valence-electron chi connectivity index (χ4n) is 2.76. The fraction of sp³-hybridized carbons (Fsp3) is 1.00. The van der Waals surface area contributed by atoms with Gasteiger partial charge in [-0.1, -0.05) is 0 Å². The molecule has 0 radical (unpaired) electrons. The SMILES string of the molecule is CO[Si](CCC(F)(F)F)(CCC(F)(F)F)CCC(F)(F)C(F)(F)C(F)(F)C(F)(F)C(F)(F)C(F)(F)F. The Morgan fingerprint density at radius 1 is 0.444 bits per heavy atom. The van der Waals surface area contributed by atoms with E-state index in [4.69, 9.17) is 0 Å². The standard InChI is InChI=1S/C15H15F19OSi/c1-35-36(6-3-9(18,19)20,7-4-10(21,22)23)5-2-8(16,17)11(24,25)12(26,27)13(28,29)14(30,31)15(32,33)34/h2-7H2,1H3. The van der Waals surface area contributed by atoms with Crippen molar-refractivity contribution in [1.82, 2.24) is 0 Å². The Balaban J connectivity index is 6.25. The normalized spacial score (nSPS) is 16.0. The predicted octanol–water partition coefficient (Wildman–Crippen LogP) is 8.61. The summed E-state index contributed by atoms with van der Waals surface area (Å²) in [6, 6.07) is -5.00.